The average molecular weight is 416 g/mol. The van der Waals surface area contributed by atoms with E-state index in [1.807, 2.05) is 12.1 Å². The number of aromatic nitrogens is 1. The van der Waals surface area contributed by atoms with E-state index in [0.29, 0.717) is 0 Å². The Labute approximate surface area is 174 Å². The predicted octanol–water partition coefficient (Wildman–Crippen LogP) is 4.21. The first-order valence-electron chi connectivity index (χ1n) is 9.38. The second kappa shape index (κ2) is 9.05. The standard InChI is InChI=1S/C21H25N3O2S2/c1-25-19-3-4-20(26-2)17(11-19)12-23-6-8-24(9-7-23)13-18-15-28-21(22-18)16-5-10-27-14-16/h3-5,10-11,14-15H,6-9,12-13H2,1-2H3. The number of thiazole rings is 1. The number of nitrogens with zero attached hydrogens (tertiary/aromatic N) is 3. The number of rotatable bonds is 7. The topological polar surface area (TPSA) is 37.8 Å². The van der Waals surface area contributed by atoms with E-state index in [1.54, 1.807) is 36.9 Å². The molecular formula is C21H25N3O2S2. The van der Waals surface area contributed by atoms with Crippen LogP contribution in [0.2, 0.25) is 0 Å². The van der Waals surface area contributed by atoms with Crippen molar-refractivity contribution in [3.63, 3.8) is 0 Å². The summed E-state index contributed by atoms with van der Waals surface area (Å²) in [5.74, 6) is 1.80. The molecule has 0 amide bonds. The second-order valence-electron chi connectivity index (χ2n) is 6.89. The Kier molecular flexibility index (Phi) is 6.26. The summed E-state index contributed by atoms with van der Waals surface area (Å²) in [6.45, 7) is 6.00. The van der Waals surface area contributed by atoms with Crippen LogP contribution in [0, 0.1) is 0 Å². The lowest BCUT2D eigenvalue weighted by molar-refractivity contribution is 0.120. The van der Waals surface area contributed by atoms with E-state index in [1.165, 1.54) is 16.8 Å². The fourth-order valence-electron chi connectivity index (χ4n) is 3.48. The Morgan fingerprint density at radius 2 is 1.75 bits per heavy atom. The van der Waals surface area contributed by atoms with Gasteiger partial charge < -0.3 is 9.47 Å². The molecule has 4 rings (SSSR count). The summed E-state index contributed by atoms with van der Waals surface area (Å²) in [7, 11) is 3.42. The van der Waals surface area contributed by atoms with Crippen molar-refractivity contribution in [3.8, 4) is 22.1 Å². The molecule has 2 aromatic heterocycles. The van der Waals surface area contributed by atoms with Crippen molar-refractivity contribution in [2.24, 2.45) is 0 Å². The predicted molar refractivity (Wildman–Crippen MR) is 116 cm³/mol. The van der Waals surface area contributed by atoms with E-state index in [2.05, 4.69) is 38.1 Å². The largest absolute Gasteiger partial charge is 0.497 e. The summed E-state index contributed by atoms with van der Waals surface area (Å²) in [6.07, 6.45) is 0. The van der Waals surface area contributed by atoms with Crippen LogP contribution in [0.25, 0.3) is 10.6 Å². The van der Waals surface area contributed by atoms with Crippen LogP contribution in [0.3, 0.4) is 0 Å². The summed E-state index contributed by atoms with van der Waals surface area (Å²) in [5, 5.41) is 7.58. The van der Waals surface area contributed by atoms with Crippen LogP contribution in [0.1, 0.15) is 11.3 Å². The third-order valence-corrected chi connectivity index (χ3v) is 6.68. The van der Waals surface area contributed by atoms with Crippen molar-refractivity contribution < 1.29 is 9.47 Å². The van der Waals surface area contributed by atoms with E-state index in [4.69, 9.17) is 14.5 Å². The van der Waals surface area contributed by atoms with E-state index >= 15 is 0 Å². The third-order valence-electron chi connectivity index (χ3n) is 5.05. The monoisotopic (exact) mass is 415 g/mol. The van der Waals surface area contributed by atoms with E-state index in [0.717, 1.165) is 55.8 Å². The third kappa shape index (κ3) is 4.55. The van der Waals surface area contributed by atoms with Crippen molar-refractivity contribution >= 4 is 22.7 Å². The van der Waals surface area contributed by atoms with Gasteiger partial charge in [-0.05, 0) is 29.6 Å². The summed E-state index contributed by atoms with van der Waals surface area (Å²) in [5.41, 5.74) is 3.59. The first-order chi connectivity index (χ1) is 13.7. The zero-order valence-corrected chi connectivity index (χ0v) is 17.9. The molecule has 148 valence electrons. The molecule has 0 spiro atoms. The molecule has 0 N–H and O–H groups in total. The van der Waals surface area contributed by atoms with Crippen LogP contribution < -0.4 is 9.47 Å². The van der Waals surface area contributed by atoms with Crippen molar-refractivity contribution in [3.05, 3.63) is 51.7 Å². The van der Waals surface area contributed by atoms with Crippen LogP contribution in [0.4, 0.5) is 0 Å². The van der Waals surface area contributed by atoms with Crippen LogP contribution in [0.5, 0.6) is 11.5 Å². The molecule has 1 aromatic carbocycles. The minimum atomic E-state index is 0.874. The molecule has 7 heteroatoms. The van der Waals surface area contributed by atoms with Crippen LogP contribution in [-0.4, -0.2) is 55.2 Å². The lowest BCUT2D eigenvalue weighted by Gasteiger charge is -2.34. The van der Waals surface area contributed by atoms with Gasteiger partial charge in [0.05, 0.1) is 19.9 Å². The Morgan fingerprint density at radius 1 is 0.964 bits per heavy atom. The minimum absolute atomic E-state index is 0.874. The number of hydrogen-bond acceptors (Lipinski definition) is 7. The van der Waals surface area contributed by atoms with Crippen molar-refractivity contribution in [2.45, 2.75) is 13.1 Å². The van der Waals surface area contributed by atoms with Crippen LogP contribution in [-0.2, 0) is 13.1 Å². The van der Waals surface area contributed by atoms with E-state index in [-0.39, 0.29) is 0 Å². The van der Waals surface area contributed by atoms with E-state index < -0.39 is 0 Å². The molecule has 3 heterocycles. The molecule has 5 nitrogen and oxygen atoms in total. The number of ether oxygens (including phenoxy) is 2. The van der Waals surface area contributed by atoms with Gasteiger partial charge in [-0.15, -0.1) is 11.3 Å². The second-order valence-corrected chi connectivity index (χ2v) is 8.52. The van der Waals surface area contributed by atoms with Gasteiger partial charge in [-0.1, -0.05) is 0 Å². The normalized spacial score (nSPS) is 15.6. The summed E-state index contributed by atoms with van der Waals surface area (Å²) < 4.78 is 10.9. The first kappa shape index (κ1) is 19.4. The highest BCUT2D eigenvalue weighted by Crippen LogP contribution is 2.27. The fraction of sp³-hybridized carbons (Fsp3) is 0.381. The Balaban J connectivity index is 1.31. The molecular weight excluding hydrogens is 390 g/mol. The molecule has 0 radical (unpaired) electrons. The molecule has 0 unspecified atom stereocenters. The van der Waals surface area contributed by atoms with Gasteiger partial charge in [0.25, 0.3) is 0 Å². The molecule has 3 aromatic rings. The molecule has 1 fully saturated rings. The molecule has 0 aliphatic carbocycles. The molecule has 1 saturated heterocycles. The minimum Gasteiger partial charge on any atom is -0.497 e. The molecule has 1 aliphatic rings. The van der Waals surface area contributed by atoms with Gasteiger partial charge in [0, 0.05) is 61.2 Å². The first-order valence-corrected chi connectivity index (χ1v) is 11.2. The maximum absolute atomic E-state index is 5.52. The van der Waals surface area contributed by atoms with Gasteiger partial charge in [0.1, 0.15) is 16.5 Å². The Morgan fingerprint density at radius 3 is 2.43 bits per heavy atom. The average Bonchev–Trinajstić information content (AvgIpc) is 3.41. The Bertz CT molecular complexity index is 887. The number of methoxy groups -OCH3 is 2. The molecule has 0 atom stereocenters. The van der Waals surface area contributed by atoms with Gasteiger partial charge in [0.2, 0.25) is 0 Å². The molecule has 0 saturated carbocycles. The maximum Gasteiger partial charge on any atom is 0.124 e. The summed E-state index contributed by atoms with van der Waals surface area (Å²) in [6, 6.07) is 8.14. The van der Waals surface area contributed by atoms with Gasteiger partial charge in [-0.2, -0.15) is 11.3 Å². The van der Waals surface area contributed by atoms with Gasteiger partial charge in [0.15, 0.2) is 0 Å². The van der Waals surface area contributed by atoms with Crippen molar-refractivity contribution in [1.82, 2.24) is 14.8 Å². The van der Waals surface area contributed by atoms with Crippen LogP contribution >= 0.6 is 22.7 Å². The van der Waals surface area contributed by atoms with E-state index in [9.17, 15) is 0 Å². The van der Waals surface area contributed by atoms with Gasteiger partial charge >= 0.3 is 0 Å². The number of benzene rings is 1. The highest BCUT2D eigenvalue weighted by atomic mass is 32.1. The van der Waals surface area contributed by atoms with Crippen molar-refractivity contribution in [1.29, 1.82) is 0 Å². The highest BCUT2D eigenvalue weighted by Gasteiger charge is 2.19. The fourth-order valence-corrected chi connectivity index (χ4v) is 5.00. The lowest BCUT2D eigenvalue weighted by atomic mass is 10.1. The molecule has 0 bridgehead atoms. The summed E-state index contributed by atoms with van der Waals surface area (Å²) >= 11 is 3.46. The number of thiophene rings is 1. The Hall–Kier alpha value is -1.93. The number of hydrogen-bond donors (Lipinski definition) is 0. The summed E-state index contributed by atoms with van der Waals surface area (Å²) in [4.78, 5) is 9.78. The van der Waals surface area contributed by atoms with Crippen molar-refractivity contribution in [2.75, 3.05) is 40.4 Å². The smallest absolute Gasteiger partial charge is 0.124 e. The molecule has 28 heavy (non-hydrogen) atoms. The SMILES string of the molecule is COc1ccc(OC)c(CN2CCN(Cc3csc(-c4ccsc4)n3)CC2)c1. The zero-order chi connectivity index (χ0) is 19.3. The van der Waals surface area contributed by atoms with Gasteiger partial charge in [-0.3, -0.25) is 9.80 Å². The highest BCUT2D eigenvalue weighted by molar-refractivity contribution is 7.14. The molecule has 1 aliphatic heterocycles. The van der Waals surface area contributed by atoms with Crippen LogP contribution in [0.15, 0.2) is 40.4 Å². The quantitative estimate of drug-likeness (QED) is 0.578. The number of piperazine rings is 1. The lowest BCUT2D eigenvalue weighted by Crippen LogP contribution is -2.45. The zero-order valence-electron chi connectivity index (χ0n) is 16.3. The maximum atomic E-state index is 5.52. The van der Waals surface area contributed by atoms with Gasteiger partial charge in [-0.25, -0.2) is 4.98 Å².